The van der Waals surface area contributed by atoms with E-state index in [-0.39, 0.29) is 36.5 Å². The van der Waals surface area contributed by atoms with Gasteiger partial charge in [0.25, 0.3) is 11.8 Å². The molecule has 1 aromatic rings. The lowest BCUT2D eigenvalue weighted by Gasteiger charge is -2.27. The van der Waals surface area contributed by atoms with Gasteiger partial charge in [-0.05, 0) is 90.5 Å². The molecule has 2 heterocycles. The molecule has 0 spiro atoms. The highest BCUT2D eigenvalue weighted by atomic mass is 16.6. The minimum Gasteiger partial charge on any atom is -0.446 e. The Morgan fingerprint density at radius 3 is 2.32 bits per heavy atom. The summed E-state index contributed by atoms with van der Waals surface area (Å²) in [6.07, 6.45) is 8.21. The third-order valence-electron chi connectivity index (χ3n) is 10.5. The normalized spacial score (nSPS) is 20.5. The van der Waals surface area contributed by atoms with Crippen molar-refractivity contribution in [2.45, 2.75) is 136 Å². The molecule has 16 nitrogen and oxygen atoms in total. The van der Waals surface area contributed by atoms with Gasteiger partial charge in [0.2, 0.25) is 5.91 Å². The number of rotatable bonds is 21. The fraction of sp³-hybridized carbons (Fsp3) is 0.784. The lowest BCUT2D eigenvalue weighted by Crippen LogP contribution is -2.36. The van der Waals surface area contributed by atoms with E-state index in [4.69, 9.17) is 19.7 Å². The predicted octanol–water partition coefficient (Wildman–Crippen LogP) is 4.80. The number of ether oxygens (including phenoxy) is 3. The van der Waals surface area contributed by atoms with Crippen LogP contribution in [0.5, 0.6) is 0 Å². The molecule has 1 aliphatic heterocycles. The van der Waals surface area contributed by atoms with Crippen molar-refractivity contribution in [3.63, 3.8) is 0 Å². The third kappa shape index (κ3) is 13.1. The molecule has 4 atom stereocenters. The van der Waals surface area contributed by atoms with E-state index in [2.05, 4.69) is 44.8 Å². The zero-order chi connectivity index (χ0) is 38.8. The Morgan fingerprint density at radius 1 is 0.962 bits per heavy atom. The maximum atomic E-state index is 12.7. The quantitative estimate of drug-likeness (QED) is 0.0768. The van der Waals surface area contributed by atoms with Crippen molar-refractivity contribution < 1.29 is 33.4 Å². The van der Waals surface area contributed by atoms with E-state index in [9.17, 15) is 19.2 Å². The average molecular weight is 742 g/mol. The van der Waals surface area contributed by atoms with Crippen LogP contribution in [0, 0.1) is 17.8 Å². The van der Waals surface area contributed by atoms with Gasteiger partial charge in [0, 0.05) is 80.3 Å². The molecule has 0 saturated heterocycles. The van der Waals surface area contributed by atoms with Gasteiger partial charge in [0.15, 0.2) is 0 Å². The molecular weight excluding hydrogens is 682 g/mol. The van der Waals surface area contributed by atoms with Gasteiger partial charge in [-0.15, -0.1) is 5.10 Å². The van der Waals surface area contributed by atoms with Gasteiger partial charge in [0.05, 0.1) is 22.6 Å². The molecular formula is C37H59N9O7. The van der Waals surface area contributed by atoms with E-state index in [0.717, 1.165) is 54.8 Å². The molecule has 0 radical (unpaired) electrons. The third-order valence-corrected chi connectivity index (χ3v) is 10.5. The summed E-state index contributed by atoms with van der Waals surface area (Å²) in [6, 6.07) is 0. The Labute approximate surface area is 312 Å². The van der Waals surface area contributed by atoms with Crippen LogP contribution in [0.4, 0.5) is 4.79 Å². The van der Waals surface area contributed by atoms with Crippen LogP contribution in [-0.2, 0) is 48.0 Å². The highest BCUT2D eigenvalue weighted by molar-refractivity contribution is 6.13. The van der Waals surface area contributed by atoms with Gasteiger partial charge in [-0.2, -0.15) is 0 Å². The number of imide groups is 1. The van der Waals surface area contributed by atoms with Crippen molar-refractivity contribution in [2.75, 3.05) is 32.8 Å². The molecule has 4 unspecified atom stereocenters. The number of fused-ring (bicyclic) bond motifs is 2. The summed E-state index contributed by atoms with van der Waals surface area (Å²) in [5, 5.41) is 18.6. The van der Waals surface area contributed by atoms with Crippen LogP contribution >= 0.6 is 0 Å². The van der Waals surface area contributed by atoms with Crippen LogP contribution in [0.15, 0.2) is 17.3 Å². The fourth-order valence-corrected chi connectivity index (χ4v) is 6.74. The number of carbonyl (C=O) groups excluding carboxylic acids is 4. The predicted molar refractivity (Wildman–Crippen MR) is 196 cm³/mol. The van der Waals surface area contributed by atoms with E-state index in [1.54, 1.807) is 0 Å². The molecule has 1 fully saturated rings. The Balaban J connectivity index is 1.08. The lowest BCUT2D eigenvalue weighted by molar-refractivity contribution is -0.137. The Morgan fingerprint density at radius 2 is 1.62 bits per heavy atom. The summed E-state index contributed by atoms with van der Waals surface area (Å²) >= 11 is 0. The lowest BCUT2D eigenvalue weighted by atomic mass is 10.0. The van der Waals surface area contributed by atoms with Crippen molar-refractivity contribution in [1.29, 1.82) is 0 Å². The van der Waals surface area contributed by atoms with Gasteiger partial charge in [-0.3, -0.25) is 19.3 Å². The number of alkyl carbamates (subject to hydrolysis) is 1. The van der Waals surface area contributed by atoms with Crippen LogP contribution < -0.4 is 10.6 Å². The SMILES string of the molecule is CC(CCOC(C)(C)CCNC(=O)OC1C2CCc3nnn(CCC(C)(C)OCCC(C)(C)N=[N+]=[N-])c3CCC21)CNC(=O)CCN1C(=O)C=CC1=O. The van der Waals surface area contributed by atoms with E-state index in [1.807, 2.05) is 39.3 Å². The second-order valence-electron chi connectivity index (χ2n) is 16.5. The summed E-state index contributed by atoms with van der Waals surface area (Å²) in [5.41, 5.74) is 9.62. The molecule has 3 aliphatic rings. The molecule has 4 rings (SSSR count). The zero-order valence-corrected chi connectivity index (χ0v) is 32.6. The first-order valence-corrected chi connectivity index (χ1v) is 19.0. The van der Waals surface area contributed by atoms with Crippen LogP contribution in [0.1, 0.15) is 105 Å². The topological polar surface area (TPSA) is 203 Å². The smallest absolute Gasteiger partial charge is 0.407 e. The molecule has 2 aliphatic carbocycles. The van der Waals surface area contributed by atoms with Gasteiger partial charge in [-0.25, -0.2) is 9.48 Å². The van der Waals surface area contributed by atoms with Crippen LogP contribution in [0.2, 0.25) is 0 Å². The minimum atomic E-state index is -0.490. The fourth-order valence-electron chi connectivity index (χ4n) is 6.74. The number of nitrogens with one attached hydrogen (secondary N) is 2. The molecule has 1 saturated carbocycles. The first kappa shape index (κ1) is 41.7. The second kappa shape index (κ2) is 18.4. The molecule has 2 N–H and O–H groups in total. The molecule has 294 valence electrons. The van der Waals surface area contributed by atoms with Crippen LogP contribution in [0.3, 0.4) is 0 Å². The summed E-state index contributed by atoms with van der Waals surface area (Å²) in [6.45, 7) is 16.6. The van der Waals surface area contributed by atoms with E-state index < -0.39 is 29.0 Å². The highest BCUT2D eigenvalue weighted by Crippen LogP contribution is 2.49. The van der Waals surface area contributed by atoms with Crippen molar-refractivity contribution in [3.05, 3.63) is 34.0 Å². The van der Waals surface area contributed by atoms with Crippen molar-refractivity contribution in [2.24, 2.45) is 22.9 Å². The first-order valence-electron chi connectivity index (χ1n) is 19.0. The summed E-state index contributed by atoms with van der Waals surface area (Å²) in [5.74, 6) is -0.151. The summed E-state index contributed by atoms with van der Waals surface area (Å²) < 4.78 is 20.1. The maximum absolute atomic E-state index is 12.7. The summed E-state index contributed by atoms with van der Waals surface area (Å²) in [7, 11) is 0. The molecule has 4 amide bonds. The van der Waals surface area contributed by atoms with Gasteiger partial charge >= 0.3 is 6.09 Å². The Kier molecular flexibility index (Phi) is 14.5. The zero-order valence-electron chi connectivity index (χ0n) is 32.6. The van der Waals surface area contributed by atoms with E-state index in [0.29, 0.717) is 57.5 Å². The first-order chi connectivity index (χ1) is 25.0. The van der Waals surface area contributed by atoms with E-state index >= 15 is 0 Å². The largest absolute Gasteiger partial charge is 0.446 e. The molecule has 0 aromatic carbocycles. The monoisotopic (exact) mass is 741 g/mol. The number of azide groups is 1. The molecule has 16 heteroatoms. The maximum Gasteiger partial charge on any atom is 0.407 e. The number of carbonyl (C=O) groups is 4. The Bertz CT molecular complexity index is 1510. The van der Waals surface area contributed by atoms with Crippen LogP contribution in [0.25, 0.3) is 10.4 Å². The van der Waals surface area contributed by atoms with Crippen molar-refractivity contribution in [3.8, 4) is 0 Å². The molecule has 1 aromatic heterocycles. The van der Waals surface area contributed by atoms with E-state index in [1.165, 1.54) is 12.2 Å². The standard InChI is InChI=1S/C37H59N9O7/c1-25(24-40-30(47)14-20-45-31(48)12-13-32(45)49)15-22-51-36(4,5)16-19-39-34(50)53-33-26-8-10-28-29(11-9-27(26)33)46(44-41-28)21-17-37(6,7)52-23-18-35(2,3)42-43-38/h12-13,25-27,33H,8-11,14-24H2,1-7H3,(H,39,50)(H,40,47). The number of amides is 4. The van der Waals surface area contributed by atoms with Gasteiger partial charge < -0.3 is 24.8 Å². The number of hydrogen-bond acceptors (Lipinski definition) is 10. The second-order valence-corrected chi connectivity index (χ2v) is 16.5. The number of aromatic nitrogens is 3. The molecule has 0 bridgehead atoms. The summed E-state index contributed by atoms with van der Waals surface area (Å²) in [4.78, 5) is 52.1. The highest BCUT2D eigenvalue weighted by Gasteiger charge is 2.53. The van der Waals surface area contributed by atoms with Crippen LogP contribution in [-0.4, -0.2) is 99.4 Å². The number of hydrogen-bond donors (Lipinski definition) is 2. The van der Waals surface area contributed by atoms with Crippen molar-refractivity contribution in [1.82, 2.24) is 30.5 Å². The average Bonchev–Trinajstić information content (AvgIpc) is 3.35. The number of nitrogens with zero attached hydrogens (tertiary/aromatic N) is 7. The van der Waals surface area contributed by atoms with Gasteiger partial charge in [-0.1, -0.05) is 31.1 Å². The molecule has 53 heavy (non-hydrogen) atoms. The van der Waals surface area contributed by atoms with Crippen molar-refractivity contribution >= 4 is 23.8 Å². The Hall–Kier alpha value is -4.01. The number of aryl methyl sites for hydroxylation is 2. The van der Waals surface area contributed by atoms with Gasteiger partial charge in [0.1, 0.15) is 6.10 Å². The minimum absolute atomic E-state index is 0.0665.